The summed E-state index contributed by atoms with van der Waals surface area (Å²) < 4.78 is 32.5. The molecule has 2 aliphatic heterocycles. The molecular formula is C27H30O14. The minimum absolute atomic E-state index is 0.0308. The zero-order valence-electron chi connectivity index (χ0n) is 21.7. The number of phenols is 1. The maximum atomic E-state index is 13.2. The molecule has 0 saturated carbocycles. The molecule has 2 saturated heterocycles. The van der Waals surface area contributed by atoms with Gasteiger partial charge in [-0.25, -0.2) is 0 Å². The van der Waals surface area contributed by atoms with Crippen LogP contribution in [0.15, 0.2) is 51.9 Å². The SMILES string of the molecule is COc1ccc(-c2coc3cc(O[C@@H]4OC(COC5OCC(O)(CO)C5O)[C@@H](O)C(O)C4O)cc(O)c3c2=O)cc1. The maximum absolute atomic E-state index is 13.2. The van der Waals surface area contributed by atoms with Crippen molar-refractivity contribution in [2.24, 2.45) is 0 Å². The third kappa shape index (κ3) is 5.49. The summed E-state index contributed by atoms with van der Waals surface area (Å²) in [6.45, 7) is -1.65. The lowest BCUT2D eigenvalue weighted by Crippen LogP contribution is -2.60. The number of aliphatic hydroxyl groups is 6. The quantitative estimate of drug-likeness (QED) is 0.167. The smallest absolute Gasteiger partial charge is 0.229 e. The van der Waals surface area contributed by atoms with Crippen LogP contribution >= 0.6 is 0 Å². The van der Waals surface area contributed by atoms with Gasteiger partial charge in [-0.3, -0.25) is 4.79 Å². The first-order valence-corrected chi connectivity index (χ1v) is 12.6. The lowest BCUT2D eigenvalue weighted by molar-refractivity contribution is -0.289. The molecule has 2 aliphatic rings. The standard InChI is InChI=1S/C27H30O14/c1-36-13-4-2-12(3-5-13)15-8-37-17-7-14(6-16(29)19(17)20(15)30)40-25-23(33)22(32)21(31)18(41-25)9-38-26-24(34)27(35,10-28)11-39-26/h2-8,18,21-26,28-29,31-35H,9-11H2,1H3/t18?,21-,22?,23?,24?,25-,26?,27?/m1/s1. The van der Waals surface area contributed by atoms with Crippen molar-refractivity contribution in [1.82, 2.24) is 0 Å². The van der Waals surface area contributed by atoms with Crippen molar-refractivity contribution in [3.63, 3.8) is 0 Å². The van der Waals surface area contributed by atoms with Gasteiger partial charge in [0.15, 0.2) is 6.29 Å². The third-order valence-electron chi connectivity index (χ3n) is 7.16. The minimum atomic E-state index is -1.93. The molecule has 3 heterocycles. The second-order valence-electron chi connectivity index (χ2n) is 9.87. The van der Waals surface area contributed by atoms with Crippen molar-refractivity contribution in [3.05, 3.63) is 52.9 Å². The highest BCUT2D eigenvalue weighted by Gasteiger charge is 2.50. The zero-order valence-corrected chi connectivity index (χ0v) is 21.7. The molecular weight excluding hydrogens is 548 g/mol. The van der Waals surface area contributed by atoms with E-state index in [0.717, 1.165) is 6.07 Å². The second kappa shape index (κ2) is 11.5. The Morgan fingerprint density at radius 3 is 2.39 bits per heavy atom. The number of hydrogen-bond donors (Lipinski definition) is 7. The highest BCUT2D eigenvalue weighted by molar-refractivity contribution is 5.88. The Hall–Kier alpha value is -3.31. The van der Waals surface area contributed by atoms with Gasteiger partial charge >= 0.3 is 0 Å². The Labute approximate surface area is 232 Å². The molecule has 222 valence electrons. The first-order chi connectivity index (χ1) is 19.6. The number of methoxy groups -OCH3 is 1. The lowest BCUT2D eigenvalue weighted by atomic mass is 9.99. The molecule has 14 nitrogen and oxygen atoms in total. The van der Waals surface area contributed by atoms with Crippen LogP contribution in [0.5, 0.6) is 17.2 Å². The topological polar surface area (TPSA) is 218 Å². The summed E-state index contributed by atoms with van der Waals surface area (Å²) in [5, 5.41) is 71.3. The Bertz CT molecular complexity index is 1420. The first kappa shape index (κ1) is 29.2. The molecule has 1 aromatic heterocycles. The van der Waals surface area contributed by atoms with E-state index < -0.39 is 79.7 Å². The molecule has 2 aromatic carbocycles. The van der Waals surface area contributed by atoms with E-state index in [9.17, 15) is 40.5 Å². The van der Waals surface area contributed by atoms with Gasteiger partial charge in [0.25, 0.3) is 0 Å². The normalized spacial score (nSPS) is 31.8. The highest BCUT2D eigenvalue weighted by atomic mass is 16.7. The highest BCUT2D eigenvalue weighted by Crippen LogP contribution is 2.33. The summed E-state index contributed by atoms with van der Waals surface area (Å²) in [6.07, 6.45) is -9.73. The summed E-state index contributed by atoms with van der Waals surface area (Å²) in [5.41, 5.74) is -1.73. The van der Waals surface area contributed by atoms with Crippen molar-refractivity contribution in [2.75, 3.05) is 26.9 Å². The molecule has 3 aromatic rings. The first-order valence-electron chi connectivity index (χ1n) is 12.6. The molecule has 6 unspecified atom stereocenters. The fourth-order valence-electron chi connectivity index (χ4n) is 4.66. The fraction of sp³-hybridized carbons (Fsp3) is 0.444. The summed E-state index contributed by atoms with van der Waals surface area (Å²) in [4.78, 5) is 13.2. The summed E-state index contributed by atoms with van der Waals surface area (Å²) in [6, 6.07) is 9.07. The zero-order chi connectivity index (χ0) is 29.5. The molecule has 0 radical (unpaired) electrons. The molecule has 0 amide bonds. The number of ether oxygens (including phenoxy) is 5. The van der Waals surface area contributed by atoms with Gasteiger partial charge < -0.3 is 63.8 Å². The van der Waals surface area contributed by atoms with Crippen LogP contribution in [0.25, 0.3) is 22.1 Å². The predicted molar refractivity (Wildman–Crippen MR) is 137 cm³/mol. The van der Waals surface area contributed by atoms with Crippen LogP contribution < -0.4 is 14.9 Å². The Morgan fingerprint density at radius 1 is 1.00 bits per heavy atom. The molecule has 2 fully saturated rings. The van der Waals surface area contributed by atoms with E-state index >= 15 is 0 Å². The van der Waals surface area contributed by atoms with E-state index in [1.165, 1.54) is 19.4 Å². The molecule has 41 heavy (non-hydrogen) atoms. The van der Waals surface area contributed by atoms with Crippen LogP contribution in [0, 0.1) is 0 Å². The van der Waals surface area contributed by atoms with E-state index in [4.69, 9.17) is 28.1 Å². The number of aliphatic hydroxyl groups excluding tert-OH is 5. The van der Waals surface area contributed by atoms with E-state index in [0.29, 0.717) is 11.3 Å². The Morgan fingerprint density at radius 2 is 1.73 bits per heavy atom. The summed E-state index contributed by atoms with van der Waals surface area (Å²) >= 11 is 0. The van der Waals surface area contributed by atoms with Gasteiger partial charge in [0.05, 0.1) is 32.5 Å². The van der Waals surface area contributed by atoms with E-state index in [1.807, 2.05) is 0 Å². The van der Waals surface area contributed by atoms with Crippen LogP contribution in [-0.4, -0.2) is 111 Å². The van der Waals surface area contributed by atoms with Crippen molar-refractivity contribution in [3.8, 4) is 28.4 Å². The van der Waals surface area contributed by atoms with Crippen LogP contribution in [-0.2, 0) is 14.2 Å². The number of rotatable bonds is 8. The second-order valence-corrected chi connectivity index (χ2v) is 9.87. The fourth-order valence-corrected chi connectivity index (χ4v) is 4.66. The average molecular weight is 579 g/mol. The van der Waals surface area contributed by atoms with Crippen LogP contribution in [0.3, 0.4) is 0 Å². The van der Waals surface area contributed by atoms with Crippen LogP contribution in [0.2, 0.25) is 0 Å². The minimum Gasteiger partial charge on any atom is -0.507 e. The number of phenolic OH excluding ortho intramolecular Hbond substituents is 1. The van der Waals surface area contributed by atoms with Crippen molar-refractivity contribution < 1.29 is 63.8 Å². The van der Waals surface area contributed by atoms with Crippen LogP contribution in [0.1, 0.15) is 0 Å². The number of fused-ring (bicyclic) bond motifs is 1. The van der Waals surface area contributed by atoms with Gasteiger partial charge in [-0.2, -0.15) is 0 Å². The number of hydrogen-bond acceptors (Lipinski definition) is 14. The molecule has 8 atom stereocenters. The third-order valence-corrected chi connectivity index (χ3v) is 7.16. The number of benzene rings is 2. The summed E-state index contributed by atoms with van der Waals surface area (Å²) in [7, 11) is 1.52. The van der Waals surface area contributed by atoms with E-state index in [-0.39, 0.29) is 22.3 Å². The van der Waals surface area contributed by atoms with Gasteiger partial charge in [-0.1, -0.05) is 12.1 Å². The molecule has 5 rings (SSSR count). The van der Waals surface area contributed by atoms with Crippen molar-refractivity contribution in [1.29, 1.82) is 0 Å². The number of aromatic hydroxyl groups is 1. The van der Waals surface area contributed by atoms with Crippen molar-refractivity contribution in [2.45, 2.75) is 48.7 Å². The molecule has 0 aliphatic carbocycles. The molecule has 14 heteroatoms. The molecule has 0 spiro atoms. The molecule has 7 N–H and O–H groups in total. The molecule has 0 bridgehead atoms. The average Bonchev–Trinajstić information content (AvgIpc) is 3.26. The van der Waals surface area contributed by atoms with Gasteiger partial charge in [0.1, 0.15) is 70.6 Å². The van der Waals surface area contributed by atoms with Gasteiger partial charge in [-0.05, 0) is 17.7 Å². The van der Waals surface area contributed by atoms with Gasteiger partial charge in [-0.15, -0.1) is 0 Å². The largest absolute Gasteiger partial charge is 0.507 e. The Kier molecular flexibility index (Phi) is 8.20. The monoisotopic (exact) mass is 578 g/mol. The van der Waals surface area contributed by atoms with E-state index in [2.05, 4.69) is 0 Å². The summed E-state index contributed by atoms with van der Waals surface area (Å²) in [5.74, 6) is 0.0294. The van der Waals surface area contributed by atoms with Gasteiger partial charge in [0, 0.05) is 12.1 Å². The Balaban J connectivity index is 1.33. The van der Waals surface area contributed by atoms with Crippen molar-refractivity contribution >= 4 is 11.0 Å². The lowest BCUT2D eigenvalue weighted by Gasteiger charge is -2.40. The maximum Gasteiger partial charge on any atom is 0.229 e. The van der Waals surface area contributed by atoms with E-state index in [1.54, 1.807) is 24.3 Å². The van der Waals surface area contributed by atoms with Crippen LogP contribution in [0.4, 0.5) is 0 Å². The van der Waals surface area contributed by atoms with Gasteiger partial charge in [0.2, 0.25) is 11.7 Å². The predicted octanol–water partition coefficient (Wildman–Crippen LogP) is -1.18.